The third-order valence-corrected chi connectivity index (χ3v) is 1.53. The summed E-state index contributed by atoms with van der Waals surface area (Å²) in [6.45, 7) is 1.72. The smallest absolute Gasteiger partial charge is 0.221 e. The maximum absolute atomic E-state index is 9.58. The number of halogens is 2. The van der Waals surface area contributed by atoms with Gasteiger partial charge in [0.1, 0.15) is 0 Å². The van der Waals surface area contributed by atoms with Crippen molar-refractivity contribution in [2.24, 2.45) is 0 Å². The zero-order valence-electron chi connectivity index (χ0n) is 6.76. The van der Waals surface area contributed by atoms with Crippen LogP contribution in [0.1, 0.15) is 13.3 Å². The number of carbonyl (C=O) groups excluding carboxylic acids is 1. The maximum atomic E-state index is 9.58. The van der Waals surface area contributed by atoms with E-state index in [0.29, 0.717) is 6.42 Å². The minimum atomic E-state index is -0.273. The molecule has 0 aliphatic carbocycles. The van der Waals surface area contributed by atoms with E-state index in [9.17, 15) is 4.79 Å². The number of carbonyl (C=O) groups is 1. The van der Waals surface area contributed by atoms with E-state index in [1.54, 1.807) is 6.92 Å². The molecule has 0 unspecified atom stereocenters. The number of benzene rings is 1. The fraction of sp³-hybridized carbons (Fsp3) is 0.222. The van der Waals surface area contributed by atoms with E-state index >= 15 is 0 Å². The van der Waals surface area contributed by atoms with Crippen molar-refractivity contribution in [3.63, 3.8) is 0 Å². The van der Waals surface area contributed by atoms with Gasteiger partial charge in [0.05, 0.1) is 0 Å². The summed E-state index contributed by atoms with van der Waals surface area (Å²) in [6, 6.07) is 9.44. The minimum absolute atomic E-state index is 0.273. The summed E-state index contributed by atoms with van der Waals surface area (Å²) >= 11 is 10.4. The molecule has 12 heavy (non-hydrogen) atoms. The molecule has 1 nitrogen and oxygen atoms in total. The summed E-state index contributed by atoms with van der Waals surface area (Å²) in [6.07, 6.45) is 0.432. The van der Waals surface area contributed by atoms with E-state index in [1.807, 2.05) is 30.3 Å². The van der Waals surface area contributed by atoms with Crippen LogP contribution in [-0.4, -0.2) is 5.24 Å². The van der Waals surface area contributed by atoms with Crippen LogP contribution in [0, 0.1) is 0 Å². The molecular formula is C9H10Cl2O. The summed E-state index contributed by atoms with van der Waals surface area (Å²) in [5.41, 5.74) is 0. The monoisotopic (exact) mass is 204 g/mol. The Bertz CT molecular complexity index is 221. The molecular weight excluding hydrogens is 195 g/mol. The topological polar surface area (TPSA) is 17.1 Å². The Hall–Kier alpha value is -0.530. The largest absolute Gasteiger partial charge is 0.281 e. The standard InChI is InChI=1S/C6H5Cl.C3H5ClO/c7-6-4-2-1-3-5-6;1-2-3(4)5/h1-5H;2H2,1H3. The molecule has 0 heterocycles. The SMILES string of the molecule is CCC(=O)Cl.Clc1ccccc1. The predicted octanol–water partition coefficient (Wildman–Crippen LogP) is 3.50. The number of hydrogen-bond acceptors (Lipinski definition) is 1. The van der Waals surface area contributed by atoms with Gasteiger partial charge in [0.15, 0.2) is 0 Å². The van der Waals surface area contributed by atoms with E-state index < -0.39 is 0 Å². The summed E-state index contributed by atoms with van der Waals surface area (Å²) in [7, 11) is 0. The lowest BCUT2D eigenvalue weighted by Gasteiger charge is -1.80. The Morgan fingerprint density at radius 2 is 1.75 bits per heavy atom. The zero-order chi connectivity index (χ0) is 9.40. The van der Waals surface area contributed by atoms with Gasteiger partial charge in [0.25, 0.3) is 0 Å². The van der Waals surface area contributed by atoms with Crippen LogP contribution in [-0.2, 0) is 4.79 Å². The first-order valence-corrected chi connectivity index (χ1v) is 4.31. The molecule has 0 bridgehead atoms. The zero-order valence-corrected chi connectivity index (χ0v) is 8.27. The molecule has 0 saturated carbocycles. The van der Waals surface area contributed by atoms with E-state index in [2.05, 4.69) is 0 Å². The fourth-order valence-electron chi connectivity index (χ4n) is 0.415. The van der Waals surface area contributed by atoms with Gasteiger partial charge in [-0.3, -0.25) is 4.79 Å². The molecule has 0 aliphatic rings. The highest BCUT2D eigenvalue weighted by Crippen LogP contribution is 2.03. The van der Waals surface area contributed by atoms with Crippen molar-refractivity contribution in [1.29, 1.82) is 0 Å². The molecule has 0 aliphatic heterocycles. The molecule has 0 spiro atoms. The van der Waals surface area contributed by atoms with Crippen molar-refractivity contribution in [2.45, 2.75) is 13.3 Å². The van der Waals surface area contributed by atoms with Crippen LogP contribution < -0.4 is 0 Å². The first-order chi connectivity index (χ1) is 5.66. The van der Waals surface area contributed by atoms with Gasteiger partial charge in [0, 0.05) is 11.4 Å². The Morgan fingerprint density at radius 1 is 1.33 bits per heavy atom. The summed E-state index contributed by atoms with van der Waals surface area (Å²) in [4.78, 5) is 9.58. The average Bonchev–Trinajstić information content (AvgIpc) is 2.07. The third kappa shape index (κ3) is 7.58. The van der Waals surface area contributed by atoms with Crippen LogP contribution in [0.15, 0.2) is 30.3 Å². The summed E-state index contributed by atoms with van der Waals surface area (Å²) < 4.78 is 0. The van der Waals surface area contributed by atoms with E-state index in [4.69, 9.17) is 23.2 Å². The molecule has 1 rings (SSSR count). The molecule has 0 N–H and O–H groups in total. The van der Waals surface area contributed by atoms with Crippen LogP contribution in [0.5, 0.6) is 0 Å². The minimum Gasteiger partial charge on any atom is -0.281 e. The van der Waals surface area contributed by atoms with Gasteiger partial charge in [-0.1, -0.05) is 36.7 Å². The van der Waals surface area contributed by atoms with Gasteiger partial charge < -0.3 is 0 Å². The van der Waals surface area contributed by atoms with Crippen molar-refractivity contribution >= 4 is 28.4 Å². The van der Waals surface area contributed by atoms with Crippen LogP contribution >= 0.6 is 23.2 Å². The molecule has 3 heteroatoms. The highest BCUT2D eigenvalue weighted by molar-refractivity contribution is 6.63. The molecule has 0 atom stereocenters. The molecule has 0 saturated heterocycles. The van der Waals surface area contributed by atoms with Crippen LogP contribution in [0.25, 0.3) is 0 Å². The van der Waals surface area contributed by atoms with Crippen molar-refractivity contribution in [2.75, 3.05) is 0 Å². The maximum Gasteiger partial charge on any atom is 0.221 e. The third-order valence-electron chi connectivity index (χ3n) is 1.01. The fourth-order valence-corrected chi connectivity index (χ4v) is 0.560. The van der Waals surface area contributed by atoms with Gasteiger partial charge in [-0.15, -0.1) is 0 Å². The average molecular weight is 205 g/mol. The van der Waals surface area contributed by atoms with Gasteiger partial charge >= 0.3 is 0 Å². The first kappa shape index (κ1) is 11.5. The molecule has 0 radical (unpaired) electrons. The quantitative estimate of drug-likeness (QED) is 0.641. The second-order valence-corrected chi connectivity index (χ2v) is 2.86. The Morgan fingerprint density at radius 3 is 1.92 bits per heavy atom. The van der Waals surface area contributed by atoms with E-state index in [1.165, 1.54) is 0 Å². The molecule has 0 amide bonds. The second kappa shape index (κ2) is 7.14. The summed E-state index contributed by atoms with van der Waals surface area (Å²) in [5.74, 6) is 0. The van der Waals surface area contributed by atoms with Crippen LogP contribution in [0.2, 0.25) is 5.02 Å². The van der Waals surface area contributed by atoms with Gasteiger partial charge in [-0.05, 0) is 23.7 Å². The first-order valence-electron chi connectivity index (χ1n) is 3.55. The molecule has 1 aromatic carbocycles. The van der Waals surface area contributed by atoms with Gasteiger partial charge in [0.2, 0.25) is 5.24 Å². The van der Waals surface area contributed by atoms with Gasteiger partial charge in [-0.25, -0.2) is 0 Å². The van der Waals surface area contributed by atoms with E-state index in [0.717, 1.165) is 5.02 Å². The number of hydrogen-bond donors (Lipinski definition) is 0. The highest BCUT2D eigenvalue weighted by Gasteiger charge is 1.81. The van der Waals surface area contributed by atoms with Crippen LogP contribution in [0.4, 0.5) is 0 Å². The lowest BCUT2D eigenvalue weighted by molar-refractivity contribution is -0.111. The Kier molecular flexibility index (Phi) is 6.82. The predicted molar refractivity (Wildman–Crippen MR) is 52.6 cm³/mol. The highest BCUT2D eigenvalue weighted by atomic mass is 35.5. The molecule has 1 aromatic rings. The second-order valence-electron chi connectivity index (χ2n) is 2.00. The normalized spacial score (nSPS) is 8.25. The van der Waals surface area contributed by atoms with Crippen molar-refractivity contribution in [1.82, 2.24) is 0 Å². The van der Waals surface area contributed by atoms with Crippen molar-refractivity contribution in [3.05, 3.63) is 35.4 Å². The Balaban J connectivity index is 0.000000217. The molecule has 0 aromatic heterocycles. The Labute approximate surface area is 82.3 Å². The van der Waals surface area contributed by atoms with Crippen molar-refractivity contribution in [3.8, 4) is 0 Å². The van der Waals surface area contributed by atoms with E-state index in [-0.39, 0.29) is 5.24 Å². The summed E-state index contributed by atoms with van der Waals surface area (Å²) in [5, 5.41) is 0.521. The number of rotatable bonds is 1. The lowest BCUT2D eigenvalue weighted by Crippen LogP contribution is -1.74. The van der Waals surface area contributed by atoms with Crippen LogP contribution in [0.3, 0.4) is 0 Å². The lowest BCUT2D eigenvalue weighted by atomic mass is 10.4. The van der Waals surface area contributed by atoms with Gasteiger partial charge in [-0.2, -0.15) is 0 Å². The molecule has 0 fully saturated rings. The molecule has 66 valence electrons. The van der Waals surface area contributed by atoms with Crippen molar-refractivity contribution < 1.29 is 4.79 Å².